The van der Waals surface area contributed by atoms with E-state index in [1.807, 2.05) is 7.05 Å². The van der Waals surface area contributed by atoms with E-state index in [1.165, 1.54) is 12.8 Å². The number of hydrogen-bond acceptors (Lipinski definition) is 1. The number of amidine groups is 1. The zero-order chi connectivity index (χ0) is 8.27. The first-order valence-electron chi connectivity index (χ1n) is 3.78. The molecule has 4 heteroatoms. The van der Waals surface area contributed by atoms with Crippen molar-refractivity contribution in [3.63, 3.8) is 0 Å². The number of rotatable bonds is 0. The van der Waals surface area contributed by atoms with Gasteiger partial charge in [0.25, 0.3) is 0 Å². The zero-order valence-corrected chi connectivity index (χ0v) is 7.52. The molecule has 0 amide bonds. The van der Waals surface area contributed by atoms with Crippen molar-refractivity contribution in [3.05, 3.63) is 0 Å². The van der Waals surface area contributed by atoms with Gasteiger partial charge in [0, 0.05) is 20.0 Å². The standard InChI is InChI=1S/C7H13N3S/c1-10-5-3-2-4-6(10)9-7(8)11/h2-5H2,1H3,(H2,8,11)/b9-6-. The Labute approximate surface area is 72.3 Å². The summed E-state index contributed by atoms with van der Waals surface area (Å²) >= 11 is 4.69. The topological polar surface area (TPSA) is 41.6 Å². The fourth-order valence-corrected chi connectivity index (χ4v) is 1.33. The van der Waals surface area contributed by atoms with Gasteiger partial charge in [-0.1, -0.05) is 0 Å². The van der Waals surface area contributed by atoms with Crippen LogP contribution < -0.4 is 5.73 Å². The summed E-state index contributed by atoms with van der Waals surface area (Å²) in [5.74, 6) is 1.03. The van der Waals surface area contributed by atoms with Crippen LogP contribution in [0.15, 0.2) is 4.99 Å². The van der Waals surface area contributed by atoms with Crippen molar-refractivity contribution in [1.82, 2.24) is 4.90 Å². The van der Waals surface area contributed by atoms with Crippen molar-refractivity contribution in [2.75, 3.05) is 13.6 Å². The normalized spacial score (nSPS) is 22.3. The quantitative estimate of drug-likeness (QED) is 0.547. The lowest BCUT2D eigenvalue weighted by molar-refractivity contribution is 0.435. The number of nitrogens with two attached hydrogens (primary N) is 1. The molecule has 0 unspecified atom stereocenters. The minimum absolute atomic E-state index is 0.244. The fourth-order valence-electron chi connectivity index (χ4n) is 1.22. The van der Waals surface area contributed by atoms with Crippen LogP contribution >= 0.6 is 12.2 Å². The summed E-state index contributed by atoms with van der Waals surface area (Å²) in [6.07, 6.45) is 3.45. The van der Waals surface area contributed by atoms with Crippen LogP contribution in [-0.2, 0) is 0 Å². The minimum Gasteiger partial charge on any atom is -0.374 e. The smallest absolute Gasteiger partial charge is 0.191 e. The van der Waals surface area contributed by atoms with Crippen LogP contribution in [-0.4, -0.2) is 29.4 Å². The second-order valence-corrected chi connectivity index (χ2v) is 3.16. The molecule has 0 saturated carbocycles. The fraction of sp³-hybridized carbons (Fsp3) is 0.714. The first-order valence-corrected chi connectivity index (χ1v) is 4.19. The molecule has 0 aromatic heterocycles. The van der Waals surface area contributed by atoms with Crippen LogP contribution in [0, 0.1) is 0 Å². The van der Waals surface area contributed by atoms with Crippen molar-refractivity contribution in [1.29, 1.82) is 0 Å². The zero-order valence-electron chi connectivity index (χ0n) is 6.71. The molecule has 0 aliphatic carbocycles. The molecule has 0 aromatic rings. The number of likely N-dealkylation sites (tertiary alicyclic amines) is 1. The van der Waals surface area contributed by atoms with E-state index in [0.29, 0.717) is 0 Å². The van der Waals surface area contributed by atoms with Crippen LogP contribution in [0.1, 0.15) is 19.3 Å². The molecule has 0 spiro atoms. The Morgan fingerprint density at radius 1 is 1.64 bits per heavy atom. The molecule has 2 N–H and O–H groups in total. The number of piperidine rings is 1. The molecule has 0 bridgehead atoms. The Morgan fingerprint density at radius 2 is 2.36 bits per heavy atom. The summed E-state index contributed by atoms with van der Waals surface area (Å²) in [7, 11) is 2.02. The van der Waals surface area contributed by atoms with Gasteiger partial charge in [0.15, 0.2) is 5.11 Å². The molecule has 1 saturated heterocycles. The predicted molar refractivity (Wildman–Crippen MR) is 50.7 cm³/mol. The highest BCUT2D eigenvalue weighted by Gasteiger charge is 2.11. The van der Waals surface area contributed by atoms with E-state index in [4.69, 9.17) is 18.0 Å². The van der Waals surface area contributed by atoms with E-state index in [9.17, 15) is 0 Å². The minimum atomic E-state index is 0.244. The van der Waals surface area contributed by atoms with Crippen molar-refractivity contribution in [3.8, 4) is 0 Å². The van der Waals surface area contributed by atoms with Gasteiger partial charge in [0.1, 0.15) is 5.84 Å². The van der Waals surface area contributed by atoms with Gasteiger partial charge in [0.05, 0.1) is 0 Å². The van der Waals surface area contributed by atoms with Gasteiger partial charge in [-0.2, -0.15) is 0 Å². The Morgan fingerprint density at radius 3 is 2.91 bits per heavy atom. The van der Waals surface area contributed by atoms with Crippen molar-refractivity contribution in [2.45, 2.75) is 19.3 Å². The lowest BCUT2D eigenvalue weighted by atomic mass is 10.1. The Kier molecular flexibility index (Phi) is 2.82. The molecule has 1 aliphatic rings. The third kappa shape index (κ3) is 2.46. The lowest BCUT2D eigenvalue weighted by Gasteiger charge is -2.25. The predicted octanol–water partition coefficient (Wildman–Crippen LogP) is 0.744. The second-order valence-electron chi connectivity index (χ2n) is 2.74. The number of thiocarbonyl (C=S) groups is 1. The molecule has 3 nitrogen and oxygen atoms in total. The molecule has 1 fully saturated rings. The molecule has 0 atom stereocenters. The summed E-state index contributed by atoms with van der Waals surface area (Å²) < 4.78 is 0. The van der Waals surface area contributed by atoms with E-state index in [2.05, 4.69) is 9.89 Å². The van der Waals surface area contributed by atoms with Gasteiger partial charge in [-0.05, 0) is 25.1 Å². The van der Waals surface area contributed by atoms with Gasteiger partial charge in [-0.25, -0.2) is 4.99 Å². The highest BCUT2D eigenvalue weighted by Crippen LogP contribution is 2.09. The third-order valence-corrected chi connectivity index (χ3v) is 1.92. The average molecular weight is 171 g/mol. The van der Waals surface area contributed by atoms with Crippen LogP contribution in [0.5, 0.6) is 0 Å². The largest absolute Gasteiger partial charge is 0.374 e. The van der Waals surface area contributed by atoms with E-state index < -0.39 is 0 Å². The van der Waals surface area contributed by atoms with Crippen molar-refractivity contribution < 1.29 is 0 Å². The molecule has 1 heterocycles. The summed E-state index contributed by atoms with van der Waals surface area (Å²) in [5, 5.41) is 0.244. The Balaban J connectivity index is 2.60. The third-order valence-electron chi connectivity index (χ3n) is 1.82. The highest BCUT2D eigenvalue weighted by molar-refractivity contribution is 7.80. The number of nitrogens with zero attached hydrogens (tertiary/aromatic N) is 2. The van der Waals surface area contributed by atoms with Gasteiger partial charge in [0.2, 0.25) is 0 Å². The molecule has 0 aromatic carbocycles. The summed E-state index contributed by atoms with van der Waals surface area (Å²) in [4.78, 5) is 6.18. The summed E-state index contributed by atoms with van der Waals surface area (Å²) in [6, 6.07) is 0. The molecule has 1 aliphatic heterocycles. The molecule has 0 radical (unpaired) electrons. The van der Waals surface area contributed by atoms with Gasteiger partial charge in [-0.3, -0.25) is 0 Å². The first kappa shape index (κ1) is 8.46. The monoisotopic (exact) mass is 171 g/mol. The van der Waals surface area contributed by atoms with E-state index in [-0.39, 0.29) is 5.11 Å². The SMILES string of the molecule is CN1CCCC/C1=N/C(N)=S. The van der Waals surface area contributed by atoms with Crippen LogP contribution in [0.4, 0.5) is 0 Å². The molecule has 1 rings (SSSR count). The van der Waals surface area contributed by atoms with E-state index in [1.54, 1.807) is 0 Å². The van der Waals surface area contributed by atoms with Crippen molar-refractivity contribution >= 4 is 23.2 Å². The summed E-state index contributed by atoms with van der Waals surface area (Å²) in [6.45, 7) is 1.07. The maximum absolute atomic E-state index is 5.30. The molecular weight excluding hydrogens is 158 g/mol. The average Bonchev–Trinajstić information content (AvgIpc) is 1.93. The van der Waals surface area contributed by atoms with Gasteiger partial charge >= 0.3 is 0 Å². The lowest BCUT2D eigenvalue weighted by Crippen LogP contribution is -2.32. The van der Waals surface area contributed by atoms with E-state index >= 15 is 0 Å². The maximum atomic E-state index is 5.30. The molecule has 62 valence electrons. The maximum Gasteiger partial charge on any atom is 0.191 e. The van der Waals surface area contributed by atoms with Crippen molar-refractivity contribution in [2.24, 2.45) is 10.7 Å². The Bertz CT molecular complexity index is 188. The van der Waals surface area contributed by atoms with E-state index in [0.717, 1.165) is 18.8 Å². The first-order chi connectivity index (χ1) is 5.20. The summed E-state index contributed by atoms with van der Waals surface area (Å²) in [5.41, 5.74) is 5.30. The highest BCUT2D eigenvalue weighted by atomic mass is 32.1. The van der Waals surface area contributed by atoms with Crippen LogP contribution in [0.25, 0.3) is 0 Å². The van der Waals surface area contributed by atoms with Gasteiger partial charge < -0.3 is 10.6 Å². The van der Waals surface area contributed by atoms with Crippen LogP contribution in [0.2, 0.25) is 0 Å². The Hall–Kier alpha value is -0.640. The van der Waals surface area contributed by atoms with Gasteiger partial charge in [-0.15, -0.1) is 0 Å². The second kappa shape index (κ2) is 3.67. The molecule has 11 heavy (non-hydrogen) atoms. The van der Waals surface area contributed by atoms with Crippen LogP contribution in [0.3, 0.4) is 0 Å². The number of aliphatic imine (C=N–C) groups is 1. The molecular formula is C7H13N3S. The number of hydrogen-bond donors (Lipinski definition) is 1.